The smallest absolute Gasteiger partial charge is 0.269 e. The number of nitro groups is 1. The molecule has 0 saturated heterocycles. The summed E-state index contributed by atoms with van der Waals surface area (Å²) in [7, 11) is 2.02. The molecule has 0 fully saturated rings. The molecule has 1 aromatic rings. The maximum absolute atomic E-state index is 10.6. The Bertz CT molecular complexity index is 390. The Hall–Kier alpha value is -1.58. The monoisotopic (exact) mass is 192 g/mol. The second kappa shape index (κ2) is 2.97. The highest BCUT2D eigenvalue weighted by molar-refractivity contribution is 5.62. The maximum Gasteiger partial charge on any atom is 0.269 e. The topological polar surface area (TPSA) is 46.4 Å². The van der Waals surface area contributed by atoms with Gasteiger partial charge < -0.3 is 4.90 Å². The molecule has 74 valence electrons. The fourth-order valence-corrected chi connectivity index (χ4v) is 1.89. The van der Waals surface area contributed by atoms with Gasteiger partial charge in [0.1, 0.15) is 0 Å². The SMILES string of the molecule is CC1Cc2cc([N+](=O)[O-])ccc2N1C. The third-order valence-corrected chi connectivity index (χ3v) is 2.83. The minimum Gasteiger partial charge on any atom is -0.371 e. The van der Waals surface area contributed by atoms with Gasteiger partial charge in [-0.15, -0.1) is 0 Å². The first-order chi connectivity index (χ1) is 6.59. The van der Waals surface area contributed by atoms with Gasteiger partial charge in [-0.25, -0.2) is 0 Å². The van der Waals surface area contributed by atoms with Crippen molar-refractivity contribution in [1.82, 2.24) is 0 Å². The molecule has 1 aliphatic heterocycles. The largest absolute Gasteiger partial charge is 0.371 e. The molecular weight excluding hydrogens is 180 g/mol. The summed E-state index contributed by atoms with van der Waals surface area (Å²) >= 11 is 0. The summed E-state index contributed by atoms with van der Waals surface area (Å²) in [6, 6.07) is 5.51. The van der Waals surface area contributed by atoms with E-state index in [2.05, 4.69) is 11.8 Å². The molecule has 1 heterocycles. The predicted octanol–water partition coefficient (Wildman–Crippen LogP) is 1.98. The highest BCUT2D eigenvalue weighted by Crippen LogP contribution is 2.33. The summed E-state index contributed by atoms with van der Waals surface area (Å²) in [5.74, 6) is 0. The van der Waals surface area contributed by atoms with Gasteiger partial charge in [0, 0.05) is 30.9 Å². The lowest BCUT2D eigenvalue weighted by atomic mass is 10.1. The van der Waals surface area contributed by atoms with Gasteiger partial charge in [0.2, 0.25) is 0 Å². The number of anilines is 1. The third kappa shape index (κ3) is 1.23. The van der Waals surface area contributed by atoms with Crippen molar-refractivity contribution in [2.75, 3.05) is 11.9 Å². The number of likely N-dealkylation sites (N-methyl/N-ethyl adjacent to an activating group) is 1. The molecule has 0 N–H and O–H groups in total. The van der Waals surface area contributed by atoms with Gasteiger partial charge in [0.05, 0.1) is 4.92 Å². The maximum atomic E-state index is 10.6. The van der Waals surface area contributed by atoms with Gasteiger partial charge in [-0.1, -0.05) is 0 Å². The summed E-state index contributed by atoms with van der Waals surface area (Å²) in [5.41, 5.74) is 2.38. The van der Waals surface area contributed by atoms with Gasteiger partial charge >= 0.3 is 0 Å². The van der Waals surface area contributed by atoms with Crippen molar-refractivity contribution in [3.8, 4) is 0 Å². The average Bonchev–Trinajstić information content (AvgIpc) is 2.42. The highest BCUT2D eigenvalue weighted by Gasteiger charge is 2.24. The lowest BCUT2D eigenvalue weighted by Crippen LogP contribution is -2.23. The second-order valence-corrected chi connectivity index (χ2v) is 3.73. The fraction of sp³-hybridized carbons (Fsp3) is 0.400. The van der Waals surface area contributed by atoms with Crippen LogP contribution >= 0.6 is 0 Å². The molecule has 0 aliphatic carbocycles. The number of benzene rings is 1. The molecule has 4 nitrogen and oxygen atoms in total. The summed E-state index contributed by atoms with van der Waals surface area (Å²) in [6.07, 6.45) is 0.896. The van der Waals surface area contributed by atoms with E-state index in [1.54, 1.807) is 12.1 Å². The van der Waals surface area contributed by atoms with Crippen LogP contribution in [0.4, 0.5) is 11.4 Å². The van der Waals surface area contributed by atoms with E-state index in [9.17, 15) is 10.1 Å². The highest BCUT2D eigenvalue weighted by atomic mass is 16.6. The second-order valence-electron chi connectivity index (χ2n) is 3.73. The van der Waals surface area contributed by atoms with E-state index in [1.165, 1.54) is 0 Å². The molecule has 0 amide bonds. The molecule has 0 aromatic heterocycles. The van der Waals surface area contributed by atoms with Crippen molar-refractivity contribution in [3.05, 3.63) is 33.9 Å². The zero-order chi connectivity index (χ0) is 10.3. The van der Waals surface area contributed by atoms with E-state index < -0.39 is 0 Å². The van der Waals surface area contributed by atoms with Crippen LogP contribution in [0.2, 0.25) is 0 Å². The number of rotatable bonds is 1. The van der Waals surface area contributed by atoms with E-state index in [1.807, 2.05) is 13.1 Å². The zero-order valence-corrected chi connectivity index (χ0v) is 8.23. The molecular formula is C10H12N2O2. The molecule has 1 unspecified atom stereocenters. The van der Waals surface area contributed by atoms with Crippen LogP contribution in [0, 0.1) is 10.1 Å². The molecule has 1 aromatic carbocycles. The Morgan fingerprint density at radius 2 is 2.29 bits per heavy atom. The van der Waals surface area contributed by atoms with Gasteiger partial charge in [0.15, 0.2) is 0 Å². The Morgan fingerprint density at radius 1 is 1.57 bits per heavy atom. The van der Waals surface area contributed by atoms with Crippen molar-refractivity contribution in [1.29, 1.82) is 0 Å². The van der Waals surface area contributed by atoms with Gasteiger partial charge in [-0.05, 0) is 25.0 Å². The molecule has 0 radical (unpaired) electrons. The van der Waals surface area contributed by atoms with Crippen molar-refractivity contribution < 1.29 is 4.92 Å². The van der Waals surface area contributed by atoms with Crippen LogP contribution in [0.1, 0.15) is 12.5 Å². The number of hydrogen-bond donors (Lipinski definition) is 0. The van der Waals surface area contributed by atoms with Crippen LogP contribution < -0.4 is 4.90 Å². The van der Waals surface area contributed by atoms with E-state index in [-0.39, 0.29) is 10.6 Å². The number of non-ortho nitro benzene ring substituents is 1. The van der Waals surface area contributed by atoms with E-state index in [4.69, 9.17) is 0 Å². The first-order valence-electron chi connectivity index (χ1n) is 4.59. The standard InChI is InChI=1S/C10H12N2O2/c1-7-5-8-6-9(12(13)14)3-4-10(8)11(7)2/h3-4,6-7H,5H2,1-2H3. The quantitative estimate of drug-likeness (QED) is 0.505. The van der Waals surface area contributed by atoms with E-state index in [0.29, 0.717) is 6.04 Å². The van der Waals surface area contributed by atoms with Gasteiger partial charge in [-0.2, -0.15) is 0 Å². The average molecular weight is 192 g/mol. The van der Waals surface area contributed by atoms with E-state index >= 15 is 0 Å². The van der Waals surface area contributed by atoms with Gasteiger partial charge in [-0.3, -0.25) is 10.1 Å². The minimum absolute atomic E-state index is 0.186. The molecule has 1 atom stereocenters. The lowest BCUT2D eigenvalue weighted by molar-refractivity contribution is -0.384. The van der Waals surface area contributed by atoms with Crippen molar-refractivity contribution in [2.45, 2.75) is 19.4 Å². The van der Waals surface area contributed by atoms with Crippen molar-refractivity contribution in [2.24, 2.45) is 0 Å². The molecule has 0 saturated carbocycles. The Labute approximate surface area is 82.3 Å². The van der Waals surface area contributed by atoms with Crippen LogP contribution in [-0.4, -0.2) is 18.0 Å². The molecule has 4 heteroatoms. The minimum atomic E-state index is -0.344. The normalized spacial score (nSPS) is 19.6. The summed E-state index contributed by atoms with van der Waals surface area (Å²) < 4.78 is 0. The number of fused-ring (bicyclic) bond motifs is 1. The predicted molar refractivity (Wildman–Crippen MR) is 54.7 cm³/mol. The van der Waals surface area contributed by atoms with Crippen molar-refractivity contribution in [3.63, 3.8) is 0 Å². The first-order valence-corrected chi connectivity index (χ1v) is 4.59. The summed E-state index contributed by atoms with van der Waals surface area (Å²) in [5, 5.41) is 10.6. The lowest BCUT2D eigenvalue weighted by Gasteiger charge is -2.17. The van der Waals surface area contributed by atoms with Gasteiger partial charge in [0.25, 0.3) is 5.69 Å². The van der Waals surface area contributed by atoms with Crippen LogP contribution in [-0.2, 0) is 6.42 Å². The first kappa shape index (κ1) is 8.99. The molecule has 0 spiro atoms. The van der Waals surface area contributed by atoms with Crippen LogP contribution in [0.25, 0.3) is 0 Å². The number of hydrogen-bond acceptors (Lipinski definition) is 3. The van der Waals surface area contributed by atoms with Crippen LogP contribution in [0.15, 0.2) is 18.2 Å². The molecule has 0 bridgehead atoms. The number of nitro benzene ring substituents is 1. The molecule has 2 rings (SSSR count). The van der Waals surface area contributed by atoms with E-state index in [0.717, 1.165) is 17.7 Å². The Kier molecular flexibility index (Phi) is 1.91. The Morgan fingerprint density at radius 3 is 2.93 bits per heavy atom. The summed E-state index contributed by atoms with van der Waals surface area (Å²) in [6.45, 7) is 2.12. The number of nitrogens with zero attached hydrogens (tertiary/aromatic N) is 2. The zero-order valence-electron chi connectivity index (χ0n) is 8.23. The Balaban J connectivity index is 2.44. The van der Waals surface area contributed by atoms with Crippen LogP contribution in [0.3, 0.4) is 0 Å². The fourth-order valence-electron chi connectivity index (χ4n) is 1.89. The van der Waals surface area contributed by atoms with Crippen LogP contribution in [0.5, 0.6) is 0 Å². The van der Waals surface area contributed by atoms with Crippen molar-refractivity contribution >= 4 is 11.4 Å². The molecule has 1 aliphatic rings. The molecule has 14 heavy (non-hydrogen) atoms. The third-order valence-electron chi connectivity index (χ3n) is 2.83. The summed E-state index contributed by atoms with van der Waals surface area (Å²) in [4.78, 5) is 12.4.